The number of rotatable bonds is 4. The molecule has 0 saturated carbocycles. The topological polar surface area (TPSA) is 69.2 Å². The van der Waals surface area contributed by atoms with Crippen LogP contribution in [0, 0.1) is 6.92 Å². The molecule has 36 heavy (non-hydrogen) atoms. The minimum atomic E-state index is -4.27. The first-order valence-corrected chi connectivity index (χ1v) is 13.1. The average molecular weight is 499 g/mol. The number of nitrogens with one attached hydrogen (secondary N) is 1. The van der Waals surface area contributed by atoms with Crippen LogP contribution in [0.4, 0.5) is 11.4 Å². The monoisotopic (exact) mass is 498 g/mol. The molecule has 0 amide bonds. The van der Waals surface area contributed by atoms with Gasteiger partial charge in [-0.25, -0.2) is 8.42 Å². The van der Waals surface area contributed by atoms with E-state index < -0.39 is 10.1 Å². The quantitative estimate of drug-likeness (QED) is 0.252. The molecule has 0 fully saturated rings. The molecule has 1 N–H and O–H groups in total. The summed E-state index contributed by atoms with van der Waals surface area (Å²) in [5, 5.41) is 6.00. The second-order valence-electron chi connectivity index (χ2n) is 9.26. The van der Waals surface area contributed by atoms with Gasteiger partial charge in [-0.2, -0.15) is 0 Å². The van der Waals surface area contributed by atoms with Crippen LogP contribution in [0.1, 0.15) is 18.1 Å². The van der Waals surface area contributed by atoms with Gasteiger partial charge in [0.1, 0.15) is 21.5 Å². The summed E-state index contributed by atoms with van der Waals surface area (Å²) in [6.45, 7) is 4.06. The van der Waals surface area contributed by atoms with Crippen LogP contribution >= 0.6 is 0 Å². The third-order valence-electron chi connectivity index (χ3n) is 6.45. The molecule has 0 aliphatic carbocycles. The van der Waals surface area contributed by atoms with E-state index in [1.54, 1.807) is 12.1 Å². The van der Waals surface area contributed by atoms with Crippen molar-refractivity contribution in [1.29, 1.82) is 0 Å². The summed E-state index contributed by atoms with van der Waals surface area (Å²) in [5.41, 5.74) is 7.43. The molecule has 184 valence electrons. The number of hydrogen-bond donors (Lipinski definition) is 1. The van der Waals surface area contributed by atoms with Crippen LogP contribution in [0.25, 0.3) is 16.3 Å². The predicted molar refractivity (Wildman–Crippen MR) is 149 cm³/mol. The Kier molecular flexibility index (Phi) is 7.13. The van der Waals surface area contributed by atoms with E-state index in [1.165, 1.54) is 45.4 Å². The van der Waals surface area contributed by atoms with Gasteiger partial charge in [0, 0.05) is 29.6 Å². The SMILES string of the molecule is CC1=C(C=CNc2ccccc2)[N+](C)(C)c2ccc3ccccc3c21.Cc1ccc(S(=O)(=O)[O-])cc1. The zero-order chi connectivity index (χ0) is 25.9. The van der Waals surface area contributed by atoms with E-state index >= 15 is 0 Å². The molecule has 1 aliphatic rings. The van der Waals surface area contributed by atoms with Crippen LogP contribution in [0.2, 0.25) is 0 Å². The van der Waals surface area contributed by atoms with Gasteiger partial charge in [-0.3, -0.25) is 4.48 Å². The van der Waals surface area contributed by atoms with Crippen molar-refractivity contribution in [2.45, 2.75) is 18.7 Å². The zero-order valence-electron chi connectivity index (χ0n) is 20.9. The maximum Gasteiger partial charge on any atom is 0.145 e. The van der Waals surface area contributed by atoms with Crippen LogP contribution in [-0.2, 0) is 10.1 Å². The third kappa shape index (κ3) is 5.26. The maximum absolute atomic E-state index is 10.4. The van der Waals surface area contributed by atoms with Gasteiger partial charge in [-0.1, -0.05) is 60.2 Å². The number of hydrogen-bond acceptors (Lipinski definition) is 4. The van der Waals surface area contributed by atoms with Gasteiger partial charge in [-0.15, -0.1) is 0 Å². The lowest BCUT2D eigenvalue weighted by Crippen LogP contribution is -2.36. The van der Waals surface area contributed by atoms with Gasteiger partial charge in [0.2, 0.25) is 0 Å². The summed E-state index contributed by atoms with van der Waals surface area (Å²) in [5.74, 6) is 0. The molecule has 0 aromatic heterocycles. The summed E-state index contributed by atoms with van der Waals surface area (Å²) in [6.07, 6.45) is 4.25. The summed E-state index contributed by atoms with van der Waals surface area (Å²) >= 11 is 0. The van der Waals surface area contributed by atoms with E-state index in [0.717, 1.165) is 15.7 Å². The Morgan fingerprint density at radius 3 is 2.11 bits per heavy atom. The van der Waals surface area contributed by atoms with Crippen molar-refractivity contribution in [2.24, 2.45) is 0 Å². The van der Waals surface area contributed by atoms with Crippen molar-refractivity contribution in [3.05, 3.63) is 120 Å². The smallest absolute Gasteiger partial charge is 0.145 e. The molecule has 1 heterocycles. The molecule has 4 aromatic carbocycles. The highest BCUT2D eigenvalue weighted by Crippen LogP contribution is 2.46. The highest BCUT2D eigenvalue weighted by atomic mass is 32.2. The van der Waals surface area contributed by atoms with Crippen molar-refractivity contribution < 1.29 is 13.0 Å². The Bertz CT molecular complexity index is 1550. The van der Waals surface area contributed by atoms with E-state index in [2.05, 4.69) is 80.9 Å². The normalized spacial score (nSPS) is 14.5. The van der Waals surface area contributed by atoms with Crippen molar-refractivity contribution >= 4 is 37.8 Å². The number of aryl methyl sites for hydroxylation is 1. The first kappa shape index (κ1) is 25.4. The van der Waals surface area contributed by atoms with Gasteiger partial charge in [0.15, 0.2) is 0 Å². The Balaban J connectivity index is 0.000000233. The van der Waals surface area contributed by atoms with Gasteiger partial charge < -0.3 is 9.87 Å². The van der Waals surface area contributed by atoms with E-state index in [1.807, 2.05) is 31.3 Å². The number of benzene rings is 4. The van der Waals surface area contributed by atoms with Crippen LogP contribution < -0.4 is 9.80 Å². The number of para-hydroxylation sites is 1. The minimum absolute atomic E-state index is 0.178. The summed E-state index contributed by atoms with van der Waals surface area (Å²) in [6, 6.07) is 29.2. The van der Waals surface area contributed by atoms with Crippen LogP contribution in [0.3, 0.4) is 0 Å². The van der Waals surface area contributed by atoms with Crippen molar-refractivity contribution in [3.63, 3.8) is 0 Å². The van der Waals surface area contributed by atoms with E-state index in [4.69, 9.17) is 0 Å². The molecule has 0 spiro atoms. The number of allylic oxidation sites excluding steroid dienone is 2. The minimum Gasteiger partial charge on any atom is -0.744 e. The van der Waals surface area contributed by atoms with Crippen molar-refractivity contribution in [1.82, 2.24) is 4.48 Å². The third-order valence-corrected chi connectivity index (χ3v) is 7.29. The summed E-state index contributed by atoms with van der Waals surface area (Å²) in [7, 11) is 0.243. The molecule has 1 aliphatic heterocycles. The number of fused-ring (bicyclic) bond motifs is 3. The van der Waals surface area contributed by atoms with Gasteiger partial charge in [-0.05, 0) is 55.0 Å². The Labute approximate surface area is 213 Å². The lowest BCUT2D eigenvalue weighted by atomic mass is 9.99. The van der Waals surface area contributed by atoms with Gasteiger partial charge in [0.25, 0.3) is 0 Å². The van der Waals surface area contributed by atoms with E-state index in [0.29, 0.717) is 0 Å². The molecule has 5 nitrogen and oxygen atoms in total. The largest absolute Gasteiger partial charge is 0.744 e. The number of anilines is 1. The highest BCUT2D eigenvalue weighted by molar-refractivity contribution is 7.85. The molecule has 0 bridgehead atoms. The van der Waals surface area contributed by atoms with Crippen molar-refractivity contribution in [2.75, 3.05) is 19.4 Å². The fourth-order valence-corrected chi connectivity index (χ4v) is 5.03. The molecule has 0 unspecified atom stereocenters. The lowest BCUT2D eigenvalue weighted by Gasteiger charge is -2.26. The van der Waals surface area contributed by atoms with Crippen molar-refractivity contribution in [3.8, 4) is 0 Å². The number of likely N-dealkylation sites (N-methyl/N-ethyl adjacent to an activating group) is 1. The molecule has 0 atom stereocenters. The summed E-state index contributed by atoms with van der Waals surface area (Å²) < 4.78 is 31.9. The molecule has 0 saturated heterocycles. The Morgan fingerprint density at radius 2 is 1.44 bits per heavy atom. The predicted octanol–water partition coefficient (Wildman–Crippen LogP) is 6.68. The fraction of sp³-hybridized carbons (Fsp3) is 0.133. The Hall–Kier alpha value is -3.71. The molecule has 6 heteroatoms. The maximum atomic E-state index is 10.4. The van der Waals surface area contributed by atoms with Crippen LogP contribution in [0.15, 0.2) is 114 Å². The van der Waals surface area contributed by atoms with E-state index in [9.17, 15) is 13.0 Å². The molecule has 4 aromatic rings. The number of quaternary nitrogens is 1. The number of nitrogens with zero attached hydrogens (tertiary/aromatic N) is 1. The molecular formula is C30H30N2O3S. The lowest BCUT2D eigenvalue weighted by molar-refractivity contribution is 0.463. The second kappa shape index (κ2) is 10.1. The Morgan fingerprint density at radius 1 is 0.806 bits per heavy atom. The zero-order valence-corrected chi connectivity index (χ0v) is 21.7. The van der Waals surface area contributed by atoms with E-state index in [-0.39, 0.29) is 4.90 Å². The molecule has 0 radical (unpaired) electrons. The average Bonchev–Trinajstić information content (AvgIpc) is 3.05. The highest BCUT2D eigenvalue weighted by Gasteiger charge is 2.37. The first-order chi connectivity index (χ1) is 17.1. The van der Waals surface area contributed by atoms with Crippen LogP contribution in [0.5, 0.6) is 0 Å². The van der Waals surface area contributed by atoms with Gasteiger partial charge >= 0.3 is 0 Å². The standard InChI is InChI=1S/C23H23N2.C7H8O3S/c1-17-21(15-16-24-19-10-5-4-6-11-19)25(2,3)22-14-13-18-9-7-8-12-20(18)23(17)22;1-6-2-4-7(5-3-6)11(8,9)10/h4-16,24H,1-3H3;2-5H,1H3,(H,8,9,10)/q+1;/p-1. The first-order valence-electron chi connectivity index (χ1n) is 11.7. The molecule has 5 rings (SSSR count). The summed E-state index contributed by atoms with van der Waals surface area (Å²) in [4.78, 5) is -0.178. The van der Waals surface area contributed by atoms with Gasteiger partial charge in [0.05, 0.1) is 24.6 Å². The van der Waals surface area contributed by atoms with Crippen LogP contribution in [-0.4, -0.2) is 27.1 Å². The fourth-order valence-electron chi connectivity index (χ4n) is 4.56. The molecular weight excluding hydrogens is 468 g/mol. The second-order valence-corrected chi connectivity index (χ2v) is 10.6.